The number of nitrogens with one attached hydrogen (secondary N) is 1. The van der Waals surface area contributed by atoms with Crippen LogP contribution in [-0.4, -0.2) is 48.8 Å². The molecule has 4 heterocycles. The van der Waals surface area contributed by atoms with Crippen molar-refractivity contribution in [2.24, 2.45) is 0 Å². The number of rotatable bonds is 2. The molecule has 4 rings (SSSR count). The minimum absolute atomic E-state index is 0.0831. The lowest BCUT2D eigenvalue weighted by molar-refractivity contribution is 0.131. The van der Waals surface area contributed by atoms with E-state index in [1.54, 1.807) is 12.4 Å². The number of aromatic amines is 1. The summed E-state index contributed by atoms with van der Waals surface area (Å²) in [6, 6.07) is 7.12. The Kier molecular flexibility index (Phi) is 3.72. The Balaban J connectivity index is 1.72. The van der Waals surface area contributed by atoms with E-state index in [0.717, 1.165) is 11.3 Å². The molecular formula is C17H17N5O3. The van der Waals surface area contributed by atoms with Gasteiger partial charge < -0.3 is 10.0 Å². The fourth-order valence-corrected chi connectivity index (χ4v) is 3.29. The van der Waals surface area contributed by atoms with Crippen LogP contribution in [-0.2, 0) is 0 Å². The topological polar surface area (TPSA) is 104 Å². The Labute approximate surface area is 142 Å². The van der Waals surface area contributed by atoms with E-state index in [1.165, 1.54) is 15.5 Å². The molecule has 128 valence electrons. The van der Waals surface area contributed by atoms with Crippen molar-refractivity contribution >= 4 is 11.7 Å². The second kappa shape index (κ2) is 6.04. The number of H-pyrrole nitrogens is 1. The fourth-order valence-electron chi connectivity index (χ4n) is 3.29. The number of aromatic nitrogens is 4. The maximum atomic E-state index is 12.4. The molecule has 25 heavy (non-hydrogen) atoms. The predicted molar refractivity (Wildman–Crippen MR) is 90.6 cm³/mol. The zero-order valence-corrected chi connectivity index (χ0v) is 13.4. The van der Waals surface area contributed by atoms with Crippen LogP contribution >= 0.6 is 0 Å². The summed E-state index contributed by atoms with van der Waals surface area (Å²) in [5.41, 5.74) is 2.59. The van der Waals surface area contributed by atoms with Gasteiger partial charge in [0.1, 0.15) is 0 Å². The Hall–Kier alpha value is -3.16. The molecule has 0 radical (unpaired) electrons. The highest BCUT2D eigenvalue weighted by molar-refractivity contribution is 5.74. The van der Waals surface area contributed by atoms with E-state index < -0.39 is 6.09 Å². The molecule has 0 aliphatic carbocycles. The average molecular weight is 339 g/mol. The molecule has 0 atom stereocenters. The molecule has 8 nitrogen and oxygen atoms in total. The molecular weight excluding hydrogens is 322 g/mol. The summed E-state index contributed by atoms with van der Waals surface area (Å²) in [6.45, 7) is 0.919. The van der Waals surface area contributed by atoms with Crippen LogP contribution in [0.3, 0.4) is 0 Å². The number of carboxylic acid groups (broad SMARTS) is 1. The number of amides is 1. The molecule has 0 spiro atoms. The smallest absolute Gasteiger partial charge is 0.407 e. The minimum Gasteiger partial charge on any atom is -0.465 e. The highest BCUT2D eigenvalue weighted by Crippen LogP contribution is 2.28. The van der Waals surface area contributed by atoms with Gasteiger partial charge in [0.15, 0.2) is 5.65 Å². The van der Waals surface area contributed by atoms with Crippen LogP contribution in [0.25, 0.3) is 16.9 Å². The van der Waals surface area contributed by atoms with E-state index in [2.05, 4.69) is 10.1 Å². The summed E-state index contributed by atoms with van der Waals surface area (Å²) in [5, 5.41) is 12.0. The van der Waals surface area contributed by atoms with Gasteiger partial charge in [-0.25, -0.2) is 14.3 Å². The zero-order chi connectivity index (χ0) is 17.4. The van der Waals surface area contributed by atoms with Crippen molar-refractivity contribution in [3.05, 3.63) is 52.7 Å². The maximum Gasteiger partial charge on any atom is 0.407 e. The number of hydrogen-bond acceptors (Lipinski definition) is 4. The van der Waals surface area contributed by atoms with E-state index in [0.29, 0.717) is 37.3 Å². The zero-order valence-electron chi connectivity index (χ0n) is 13.4. The average Bonchev–Trinajstić information content (AvgIpc) is 3.07. The van der Waals surface area contributed by atoms with Gasteiger partial charge in [-0.05, 0) is 25.0 Å². The molecule has 1 amide bonds. The number of fused-ring (bicyclic) bond motifs is 1. The summed E-state index contributed by atoms with van der Waals surface area (Å²) in [7, 11) is 0. The third-order valence-electron chi connectivity index (χ3n) is 4.64. The first-order chi connectivity index (χ1) is 12.1. The molecule has 3 aromatic heterocycles. The highest BCUT2D eigenvalue weighted by atomic mass is 16.4. The predicted octanol–water partition coefficient (Wildman–Crippen LogP) is 1.94. The number of likely N-dealkylation sites (tertiary alicyclic amines) is 1. The van der Waals surface area contributed by atoms with E-state index in [9.17, 15) is 9.59 Å². The van der Waals surface area contributed by atoms with Crippen LogP contribution in [0, 0.1) is 0 Å². The molecule has 1 aliphatic rings. The molecule has 2 N–H and O–H groups in total. The fraction of sp³-hybridized carbons (Fsp3) is 0.294. The molecule has 0 aromatic carbocycles. The summed E-state index contributed by atoms with van der Waals surface area (Å²) < 4.78 is 1.40. The highest BCUT2D eigenvalue weighted by Gasteiger charge is 2.25. The van der Waals surface area contributed by atoms with Gasteiger partial charge in [0.25, 0.3) is 5.56 Å². The van der Waals surface area contributed by atoms with Crippen LogP contribution in [0.15, 0.2) is 41.5 Å². The minimum atomic E-state index is -0.898. The number of hydrogen-bond donors (Lipinski definition) is 2. The molecule has 3 aromatic rings. The van der Waals surface area contributed by atoms with Crippen molar-refractivity contribution in [2.45, 2.75) is 18.8 Å². The van der Waals surface area contributed by atoms with Gasteiger partial charge in [-0.2, -0.15) is 0 Å². The lowest BCUT2D eigenvalue weighted by Gasteiger charge is -2.29. The summed E-state index contributed by atoms with van der Waals surface area (Å²) in [4.78, 5) is 33.9. The summed E-state index contributed by atoms with van der Waals surface area (Å²) >= 11 is 0. The molecule has 0 unspecified atom stereocenters. The first-order valence-corrected chi connectivity index (χ1v) is 8.14. The van der Waals surface area contributed by atoms with Crippen molar-refractivity contribution in [3.8, 4) is 11.3 Å². The van der Waals surface area contributed by atoms with Crippen LogP contribution in [0.1, 0.15) is 24.5 Å². The quantitative estimate of drug-likeness (QED) is 0.742. The van der Waals surface area contributed by atoms with Gasteiger partial charge in [0.2, 0.25) is 0 Å². The van der Waals surface area contributed by atoms with Crippen molar-refractivity contribution in [3.63, 3.8) is 0 Å². The van der Waals surface area contributed by atoms with Crippen molar-refractivity contribution in [2.75, 3.05) is 13.1 Å². The van der Waals surface area contributed by atoms with Crippen LogP contribution < -0.4 is 5.56 Å². The normalized spacial score (nSPS) is 15.6. The lowest BCUT2D eigenvalue weighted by Crippen LogP contribution is -2.37. The van der Waals surface area contributed by atoms with Gasteiger partial charge in [-0.1, -0.05) is 6.07 Å². The first kappa shape index (κ1) is 15.4. The third-order valence-corrected chi connectivity index (χ3v) is 4.64. The van der Waals surface area contributed by atoms with Crippen molar-refractivity contribution in [1.82, 2.24) is 24.5 Å². The van der Waals surface area contributed by atoms with Crippen LogP contribution in [0.4, 0.5) is 4.79 Å². The molecule has 1 saturated heterocycles. The Morgan fingerprint density at radius 2 is 2.08 bits per heavy atom. The standard InChI is InChI=1S/C17H17N5O3/c23-15-9-14(11-4-7-21(8-5-11)17(24)25)20-16-12(10-19-22(15)16)13-3-1-2-6-18-13/h1-3,6,9-11,19H,4-5,7-8H2,(H,24,25). The van der Waals surface area contributed by atoms with E-state index >= 15 is 0 Å². The SMILES string of the molecule is O=C(O)N1CCC(c2cc(=O)n3[nH]cc(-c4ccccn4)c3n2)CC1. The lowest BCUT2D eigenvalue weighted by atomic mass is 9.93. The molecule has 0 saturated carbocycles. The first-order valence-electron chi connectivity index (χ1n) is 8.14. The van der Waals surface area contributed by atoms with Crippen LogP contribution in [0.5, 0.6) is 0 Å². The van der Waals surface area contributed by atoms with Gasteiger partial charge >= 0.3 is 6.09 Å². The number of pyridine rings is 1. The Bertz CT molecular complexity index is 971. The number of nitrogens with zero attached hydrogens (tertiary/aromatic N) is 4. The van der Waals surface area contributed by atoms with E-state index in [-0.39, 0.29) is 11.5 Å². The second-order valence-electron chi connectivity index (χ2n) is 6.12. The molecule has 1 aliphatic heterocycles. The van der Waals surface area contributed by atoms with E-state index in [1.807, 2.05) is 18.2 Å². The van der Waals surface area contributed by atoms with Crippen molar-refractivity contribution < 1.29 is 9.90 Å². The number of piperidine rings is 1. The van der Waals surface area contributed by atoms with Crippen LogP contribution in [0.2, 0.25) is 0 Å². The second-order valence-corrected chi connectivity index (χ2v) is 6.12. The van der Waals surface area contributed by atoms with Gasteiger partial charge in [-0.3, -0.25) is 14.9 Å². The Morgan fingerprint density at radius 3 is 2.76 bits per heavy atom. The molecule has 0 bridgehead atoms. The summed E-state index contributed by atoms with van der Waals surface area (Å²) in [5.74, 6) is 0.0831. The van der Waals surface area contributed by atoms with Gasteiger partial charge in [0.05, 0.1) is 17.0 Å². The van der Waals surface area contributed by atoms with Gasteiger partial charge in [0, 0.05) is 37.5 Å². The molecule has 1 fully saturated rings. The summed E-state index contributed by atoms with van der Waals surface area (Å²) in [6.07, 6.45) is 3.85. The van der Waals surface area contributed by atoms with Crippen molar-refractivity contribution in [1.29, 1.82) is 0 Å². The third kappa shape index (κ3) is 2.75. The molecule has 8 heteroatoms. The largest absolute Gasteiger partial charge is 0.465 e. The van der Waals surface area contributed by atoms with E-state index in [4.69, 9.17) is 10.1 Å². The monoisotopic (exact) mass is 339 g/mol. The maximum absolute atomic E-state index is 12.4. The van der Waals surface area contributed by atoms with Gasteiger partial charge in [-0.15, -0.1) is 0 Å². The Morgan fingerprint density at radius 1 is 1.28 bits per heavy atom. The number of carbonyl (C=O) groups is 1.